The molecule has 0 unspecified atom stereocenters. The van der Waals surface area contributed by atoms with Gasteiger partial charge < -0.3 is 24.1 Å². The van der Waals surface area contributed by atoms with Gasteiger partial charge in [0.1, 0.15) is 22.7 Å². The predicted octanol–water partition coefficient (Wildman–Crippen LogP) is 5.01. The number of fused-ring (bicyclic) bond motifs is 4. The maximum atomic E-state index is 12.9. The molecular formula is C36H42O9. The Morgan fingerprint density at radius 2 is 1.51 bits per heavy atom. The van der Waals surface area contributed by atoms with Gasteiger partial charge in [-0.05, 0) is 80.7 Å². The van der Waals surface area contributed by atoms with E-state index in [1.807, 2.05) is 20.8 Å². The van der Waals surface area contributed by atoms with Gasteiger partial charge in [0, 0.05) is 44.2 Å². The third-order valence-electron chi connectivity index (χ3n) is 9.69. The van der Waals surface area contributed by atoms with Crippen LogP contribution in [-0.4, -0.2) is 34.4 Å². The maximum absolute atomic E-state index is 12.9. The lowest BCUT2D eigenvalue weighted by atomic mass is 9.68. The molecule has 3 aliphatic rings. The van der Waals surface area contributed by atoms with Crippen LogP contribution >= 0.6 is 0 Å². The summed E-state index contributed by atoms with van der Waals surface area (Å²) in [5.41, 5.74) is -0.629. The normalized spacial score (nSPS) is 29.0. The number of aliphatic hydroxyl groups is 1. The van der Waals surface area contributed by atoms with Crippen LogP contribution < -0.4 is 29.8 Å². The first-order valence-corrected chi connectivity index (χ1v) is 15.5. The van der Waals surface area contributed by atoms with Gasteiger partial charge in [0.15, 0.2) is 11.5 Å². The lowest BCUT2D eigenvalue weighted by Crippen LogP contribution is -2.56. The summed E-state index contributed by atoms with van der Waals surface area (Å²) in [6.07, 6.45) is 6.00. The minimum atomic E-state index is -1.06. The Morgan fingerprint density at radius 1 is 0.867 bits per heavy atom. The number of carbonyl (C=O) groups is 2. The second kappa shape index (κ2) is 11.7. The standard InChI is InChI=1S/C36H42O9/c1-20-13-28(40)32(43-22(3)38)18-30-26(20)15-24-16-33(41)36(7)25(19-34(4,5)11-8-12-35(24,6)44-30)14-23-9-10-27(39)31(42-21(2)37)17-29(23)45-36/h8-11,13,17-18,24-25,33,41H,12,14-16,19H2,1-7H3/b11-8+/t24-,25-,33-,35-,36-/m0/s1. The van der Waals surface area contributed by atoms with E-state index < -0.39 is 40.1 Å². The van der Waals surface area contributed by atoms with E-state index in [0.717, 1.165) is 11.1 Å². The van der Waals surface area contributed by atoms with Gasteiger partial charge in [-0.3, -0.25) is 19.2 Å². The predicted molar refractivity (Wildman–Crippen MR) is 168 cm³/mol. The molecule has 1 aliphatic carbocycles. The molecule has 0 fully saturated rings. The molecule has 0 radical (unpaired) electrons. The van der Waals surface area contributed by atoms with Crippen molar-refractivity contribution < 1.29 is 33.6 Å². The van der Waals surface area contributed by atoms with E-state index in [-0.39, 0.29) is 28.7 Å². The maximum Gasteiger partial charge on any atom is 0.308 e. The van der Waals surface area contributed by atoms with Crippen LogP contribution in [0.4, 0.5) is 0 Å². The highest BCUT2D eigenvalue weighted by Crippen LogP contribution is 2.49. The molecule has 0 bridgehead atoms. The molecule has 9 nitrogen and oxygen atoms in total. The van der Waals surface area contributed by atoms with E-state index in [2.05, 4.69) is 26.0 Å². The Bertz CT molecular complexity index is 1690. The fourth-order valence-corrected chi connectivity index (χ4v) is 7.10. The summed E-state index contributed by atoms with van der Waals surface area (Å²) in [5, 5.41) is 12.2. The van der Waals surface area contributed by atoms with Crippen LogP contribution in [0.25, 0.3) is 0 Å². The number of aryl methyl sites for hydroxylation is 1. The highest BCUT2D eigenvalue weighted by atomic mass is 16.5. The van der Waals surface area contributed by atoms with Crippen LogP contribution in [0.15, 0.2) is 52.1 Å². The molecule has 5 atom stereocenters. The average molecular weight is 619 g/mol. The first-order valence-electron chi connectivity index (χ1n) is 15.5. The molecule has 9 heteroatoms. The van der Waals surface area contributed by atoms with Crippen molar-refractivity contribution in [3.8, 4) is 23.0 Å². The van der Waals surface area contributed by atoms with Crippen molar-refractivity contribution in [3.63, 3.8) is 0 Å². The van der Waals surface area contributed by atoms with Crippen LogP contribution in [0.2, 0.25) is 0 Å². The third kappa shape index (κ3) is 6.54. The molecule has 1 N–H and O–H groups in total. The van der Waals surface area contributed by atoms with Crippen molar-refractivity contribution in [2.75, 3.05) is 0 Å². The fraction of sp³-hybridized carbons (Fsp3) is 0.500. The van der Waals surface area contributed by atoms with Crippen LogP contribution in [0.5, 0.6) is 23.0 Å². The molecule has 0 amide bonds. The van der Waals surface area contributed by atoms with Crippen molar-refractivity contribution in [1.29, 1.82) is 0 Å². The highest BCUT2D eigenvalue weighted by Gasteiger charge is 2.51. The summed E-state index contributed by atoms with van der Waals surface area (Å²) >= 11 is 0. The molecule has 0 saturated carbocycles. The number of aliphatic hydroxyl groups excluding tert-OH is 1. The average Bonchev–Trinajstić information content (AvgIpc) is 3.12. The van der Waals surface area contributed by atoms with Crippen LogP contribution in [0.3, 0.4) is 0 Å². The van der Waals surface area contributed by atoms with E-state index in [1.54, 1.807) is 6.07 Å². The summed E-state index contributed by atoms with van der Waals surface area (Å²) in [7, 11) is 0. The second-order valence-corrected chi connectivity index (χ2v) is 13.9. The molecule has 2 aromatic carbocycles. The molecule has 2 aromatic rings. The van der Waals surface area contributed by atoms with Gasteiger partial charge in [0.25, 0.3) is 0 Å². The second-order valence-electron chi connectivity index (χ2n) is 13.9. The summed E-state index contributed by atoms with van der Waals surface area (Å²) < 4.78 is 23.8. The largest absolute Gasteiger partial charge is 0.487 e. The number of hydrogen-bond acceptors (Lipinski definition) is 9. The third-order valence-corrected chi connectivity index (χ3v) is 9.69. The smallest absolute Gasteiger partial charge is 0.308 e. The van der Waals surface area contributed by atoms with Crippen molar-refractivity contribution in [3.05, 3.63) is 79.6 Å². The first-order chi connectivity index (χ1) is 21.0. The topological polar surface area (TPSA) is 125 Å². The lowest BCUT2D eigenvalue weighted by molar-refractivity contribution is -0.132. The van der Waals surface area contributed by atoms with Crippen LogP contribution in [-0.2, 0) is 22.4 Å². The van der Waals surface area contributed by atoms with Gasteiger partial charge in [-0.2, -0.15) is 0 Å². The van der Waals surface area contributed by atoms with Crippen molar-refractivity contribution in [1.82, 2.24) is 0 Å². The zero-order valence-electron chi connectivity index (χ0n) is 27.0. The number of carbonyl (C=O) groups excluding carboxylic acids is 2. The summed E-state index contributed by atoms with van der Waals surface area (Å²) in [6.45, 7) is 12.5. The van der Waals surface area contributed by atoms with Crippen LogP contribution in [0, 0.1) is 24.2 Å². The van der Waals surface area contributed by atoms with E-state index in [0.29, 0.717) is 49.2 Å². The number of allylic oxidation sites excluding steroid dienone is 1. The molecule has 5 rings (SSSR count). The van der Waals surface area contributed by atoms with E-state index in [9.17, 15) is 24.3 Å². The molecule has 2 aliphatic heterocycles. The molecule has 0 saturated heterocycles. The summed E-state index contributed by atoms with van der Waals surface area (Å²) in [5.74, 6) is -0.847. The Labute approximate surface area is 263 Å². The lowest BCUT2D eigenvalue weighted by Gasteiger charge is -2.49. The monoisotopic (exact) mass is 618 g/mol. The molecule has 0 aromatic heterocycles. The minimum absolute atomic E-state index is 0.0885. The number of hydrogen-bond donors (Lipinski definition) is 1. The Kier molecular flexibility index (Phi) is 8.46. The Hall–Kier alpha value is -3.98. The Balaban J connectivity index is 1.60. The van der Waals surface area contributed by atoms with Gasteiger partial charge in [-0.1, -0.05) is 32.1 Å². The van der Waals surface area contributed by atoms with Gasteiger partial charge in [0.2, 0.25) is 10.9 Å². The van der Waals surface area contributed by atoms with Gasteiger partial charge in [0.05, 0.1) is 6.10 Å². The van der Waals surface area contributed by atoms with E-state index >= 15 is 0 Å². The number of ether oxygens (including phenoxy) is 4. The number of rotatable bonds is 2. The van der Waals surface area contributed by atoms with Gasteiger partial charge in [-0.25, -0.2) is 0 Å². The molecular weight excluding hydrogens is 576 g/mol. The van der Waals surface area contributed by atoms with Crippen molar-refractivity contribution >= 4 is 11.9 Å². The summed E-state index contributed by atoms with van der Waals surface area (Å²) in [6, 6.07) is 7.52. The summed E-state index contributed by atoms with van der Waals surface area (Å²) in [4.78, 5) is 49.0. The SMILES string of the molecule is CC(=O)Oc1cc2c(ccc1=O)C[C@H]1CC(C)(C)/C=C/C[C@]3(C)Oc4cc(OC(C)=O)c(=O)cc(C)c4C[C@H]3C[C@H](O)[C@@]1(C)O2. The Morgan fingerprint density at radius 3 is 2.18 bits per heavy atom. The van der Waals surface area contributed by atoms with Crippen LogP contribution in [0.1, 0.15) is 77.5 Å². The fourth-order valence-electron chi connectivity index (χ4n) is 7.10. The molecule has 2 heterocycles. The van der Waals surface area contributed by atoms with Crippen molar-refractivity contribution in [2.45, 2.75) is 97.9 Å². The number of esters is 2. The molecule has 240 valence electrons. The zero-order valence-corrected chi connectivity index (χ0v) is 27.0. The highest BCUT2D eigenvalue weighted by molar-refractivity contribution is 5.70. The molecule has 45 heavy (non-hydrogen) atoms. The van der Waals surface area contributed by atoms with Gasteiger partial charge in [-0.15, -0.1) is 0 Å². The zero-order chi connectivity index (χ0) is 32.9. The first kappa shape index (κ1) is 32.4. The van der Waals surface area contributed by atoms with Gasteiger partial charge >= 0.3 is 11.9 Å². The minimum Gasteiger partial charge on any atom is -0.487 e. The molecule has 0 spiro atoms. The van der Waals surface area contributed by atoms with E-state index in [1.165, 1.54) is 38.1 Å². The quantitative estimate of drug-likeness (QED) is 0.365. The van der Waals surface area contributed by atoms with E-state index in [4.69, 9.17) is 18.9 Å². The van der Waals surface area contributed by atoms with Crippen molar-refractivity contribution in [2.24, 2.45) is 17.3 Å².